The van der Waals surface area contributed by atoms with Gasteiger partial charge >= 0.3 is 0 Å². The molecule has 5 aliphatic rings. The summed E-state index contributed by atoms with van der Waals surface area (Å²) in [6, 6.07) is 7.80. The van der Waals surface area contributed by atoms with Gasteiger partial charge in [0.2, 0.25) is 11.8 Å². The van der Waals surface area contributed by atoms with E-state index in [4.69, 9.17) is 10.00 Å². The topological polar surface area (TPSA) is 155 Å². The third-order valence-electron chi connectivity index (χ3n) is 8.66. The zero-order valence-corrected chi connectivity index (χ0v) is 22.2. The molecule has 10 heteroatoms. The molecule has 4 saturated carbocycles. The number of aromatic nitrogens is 2. The summed E-state index contributed by atoms with van der Waals surface area (Å²) in [5.41, 5.74) is 0.400. The van der Waals surface area contributed by atoms with Crippen molar-refractivity contribution in [2.75, 3.05) is 5.32 Å². The van der Waals surface area contributed by atoms with E-state index in [1.165, 1.54) is 17.9 Å². The zero-order chi connectivity index (χ0) is 27.7. The van der Waals surface area contributed by atoms with Crippen molar-refractivity contribution in [1.82, 2.24) is 14.9 Å². The van der Waals surface area contributed by atoms with E-state index >= 15 is 0 Å². The van der Waals surface area contributed by atoms with Crippen LogP contribution >= 0.6 is 0 Å². The Kier molecular flexibility index (Phi) is 5.52. The van der Waals surface area contributed by atoms with Gasteiger partial charge in [0.15, 0.2) is 5.72 Å². The summed E-state index contributed by atoms with van der Waals surface area (Å²) in [5.74, 6) is 0.398. The maximum absolute atomic E-state index is 13.7. The summed E-state index contributed by atoms with van der Waals surface area (Å²) in [5, 5.41) is 43.6. The van der Waals surface area contributed by atoms with Gasteiger partial charge in [-0.1, -0.05) is 0 Å². The molecule has 4 aliphatic carbocycles. The van der Waals surface area contributed by atoms with Crippen LogP contribution in [0.15, 0.2) is 18.2 Å². The summed E-state index contributed by atoms with van der Waals surface area (Å²) >= 11 is 0. The van der Waals surface area contributed by atoms with Crippen LogP contribution < -0.4 is 10.1 Å². The third kappa shape index (κ3) is 3.86. The fourth-order valence-corrected chi connectivity index (χ4v) is 7.02. The highest BCUT2D eigenvalue weighted by Crippen LogP contribution is 2.67. The summed E-state index contributed by atoms with van der Waals surface area (Å²) < 4.78 is 6.40. The van der Waals surface area contributed by atoms with Crippen molar-refractivity contribution in [3.8, 4) is 23.8 Å². The quantitative estimate of drug-likeness (QED) is 0.476. The van der Waals surface area contributed by atoms with Gasteiger partial charge in [-0.2, -0.15) is 15.5 Å². The first-order chi connectivity index (χ1) is 18.5. The molecule has 1 aliphatic heterocycles. The standard InChI is InChI=1S/C29H30N6O4/c1-16-9-18(5-4-8-30)10-17(2)23(16)39-24-21-22(25(37)35(27(21,3)38)19-6-7-20(36)11-19)32-26(33-24)34-29-12-28(13-29,14-29)15-31/h4-5,9-10,19-20,36,38H,6-7,11-14H2,1-3H3,(H,32,33,34)/b5-4+/t19-,20+,27?,28?,29?/m0/s1. The molecule has 4 fully saturated rings. The van der Waals surface area contributed by atoms with Crippen LogP contribution in [0.25, 0.3) is 6.08 Å². The average molecular weight is 527 g/mol. The second-order valence-electron chi connectivity index (χ2n) is 11.8. The van der Waals surface area contributed by atoms with Crippen LogP contribution in [0.3, 0.4) is 0 Å². The number of anilines is 1. The van der Waals surface area contributed by atoms with Gasteiger partial charge in [0, 0.05) is 17.7 Å². The number of carbonyl (C=O) groups excluding carboxylic acids is 1. The number of hydrogen-bond donors (Lipinski definition) is 3. The van der Waals surface area contributed by atoms with E-state index in [0.29, 0.717) is 44.3 Å². The molecule has 200 valence electrons. The fraction of sp³-hybridized carbons (Fsp3) is 0.483. The van der Waals surface area contributed by atoms with Crippen LogP contribution in [0.5, 0.6) is 11.6 Å². The van der Waals surface area contributed by atoms with E-state index in [1.807, 2.05) is 32.0 Å². The van der Waals surface area contributed by atoms with Crippen LogP contribution in [-0.2, 0) is 5.72 Å². The Labute approximate surface area is 226 Å². The Morgan fingerprint density at radius 1 is 1.18 bits per heavy atom. The summed E-state index contributed by atoms with van der Waals surface area (Å²) in [7, 11) is 0. The molecular weight excluding hydrogens is 496 g/mol. The summed E-state index contributed by atoms with van der Waals surface area (Å²) in [6.45, 7) is 5.30. The largest absolute Gasteiger partial charge is 0.438 e. The lowest BCUT2D eigenvalue weighted by Crippen LogP contribution is -2.70. The molecule has 3 atom stereocenters. The highest BCUT2D eigenvalue weighted by molar-refractivity contribution is 5.99. The first-order valence-corrected chi connectivity index (χ1v) is 13.2. The van der Waals surface area contributed by atoms with Gasteiger partial charge in [-0.05, 0) is 94.2 Å². The van der Waals surface area contributed by atoms with E-state index in [-0.39, 0.29) is 40.1 Å². The summed E-state index contributed by atoms with van der Waals surface area (Å²) in [6.07, 6.45) is 6.17. The smallest absolute Gasteiger partial charge is 0.276 e. The number of nitriles is 2. The maximum atomic E-state index is 13.7. The number of aliphatic hydroxyl groups excluding tert-OH is 1. The molecule has 1 unspecified atom stereocenters. The number of nitrogens with zero attached hydrogens (tertiary/aromatic N) is 5. The molecule has 2 heterocycles. The van der Waals surface area contributed by atoms with Crippen LogP contribution in [-0.4, -0.2) is 48.7 Å². The molecule has 1 amide bonds. The van der Waals surface area contributed by atoms with Crippen molar-refractivity contribution >= 4 is 17.9 Å². The molecule has 2 aromatic rings. The van der Waals surface area contributed by atoms with Crippen LogP contribution in [0.4, 0.5) is 5.95 Å². The predicted octanol–water partition coefficient (Wildman–Crippen LogP) is 3.81. The highest BCUT2D eigenvalue weighted by atomic mass is 16.5. The average Bonchev–Trinajstić information content (AvgIpc) is 3.33. The van der Waals surface area contributed by atoms with Gasteiger partial charge in [0.1, 0.15) is 11.4 Å². The second kappa shape index (κ2) is 8.51. The number of amides is 1. The first-order valence-electron chi connectivity index (χ1n) is 13.2. The predicted molar refractivity (Wildman–Crippen MR) is 140 cm³/mol. The molecule has 2 bridgehead atoms. The zero-order valence-electron chi connectivity index (χ0n) is 22.2. The Hall–Kier alpha value is -3.99. The van der Waals surface area contributed by atoms with E-state index in [9.17, 15) is 20.3 Å². The lowest BCUT2D eigenvalue weighted by Gasteiger charge is -2.66. The van der Waals surface area contributed by atoms with Gasteiger partial charge < -0.3 is 25.2 Å². The van der Waals surface area contributed by atoms with Crippen molar-refractivity contribution in [2.45, 2.75) is 82.7 Å². The van der Waals surface area contributed by atoms with Gasteiger partial charge in [0.25, 0.3) is 5.91 Å². The number of aliphatic hydroxyl groups is 2. The molecule has 0 radical (unpaired) electrons. The molecule has 0 spiro atoms. The van der Waals surface area contributed by atoms with Gasteiger partial charge in [-0.15, -0.1) is 0 Å². The van der Waals surface area contributed by atoms with E-state index < -0.39 is 17.7 Å². The number of rotatable bonds is 6. The van der Waals surface area contributed by atoms with Crippen LogP contribution in [0, 0.1) is 41.9 Å². The first kappa shape index (κ1) is 25.3. The third-order valence-corrected chi connectivity index (χ3v) is 8.66. The molecule has 10 nitrogen and oxygen atoms in total. The van der Waals surface area contributed by atoms with Crippen molar-refractivity contribution in [2.24, 2.45) is 5.41 Å². The number of benzene rings is 1. The van der Waals surface area contributed by atoms with Crippen molar-refractivity contribution in [3.63, 3.8) is 0 Å². The Morgan fingerprint density at radius 2 is 1.87 bits per heavy atom. The number of aryl methyl sites for hydroxylation is 2. The van der Waals surface area contributed by atoms with Crippen molar-refractivity contribution in [1.29, 1.82) is 10.5 Å². The number of ether oxygens (including phenoxy) is 1. The van der Waals surface area contributed by atoms with Gasteiger partial charge in [-0.25, -0.2) is 4.98 Å². The number of carbonyl (C=O) groups is 1. The molecule has 39 heavy (non-hydrogen) atoms. The number of fused-ring (bicyclic) bond motifs is 1. The minimum atomic E-state index is -1.74. The molecule has 1 aromatic heterocycles. The maximum Gasteiger partial charge on any atom is 0.276 e. The highest BCUT2D eigenvalue weighted by Gasteiger charge is 2.69. The Morgan fingerprint density at radius 3 is 2.46 bits per heavy atom. The normalized spacial score (nSPS) is 32.3. The SMILES string of the molecule is Cc1cc(/C=C/C#N)cc(C)c1Oc1nc(NC23CC(C#N)(C2)C3)nc2c1C(C)(O)N([C@H]1CC[C@@H](O)C1)C2=O. The molecule has 3 N–H and O–H groups in total. The molecule has 1 aromatic carbocycles. The lowest BCUT2D eigenvalue weighted by molar-refractivity contribution is -0.0887. The Bertz CT molecular complexity index is 1470. The minimum Gasteiger partial charge on any atom is -0.438 e. The molecular formula is C29H30N6O4. The summed E-state index contributed by atoms with van der Waals surface area (Å²) in [4.78, 5) is 24.4. The van der Waals surface area contributed by atoms with Crippen molar-refractivity contribution < 1.29 is 19.7 Å². The number of allylic oxidation sites excluding steroid dienone is 1. The number of hydrogen-bond acceptors (Lipinski definition) is 9. The molecule has 0 saturated heterocycles. The van der Waals surface area contributed by atoms with E-state index in [0.717, 1.165) is 16.7 Å². The monoisotopic (exact) mass is 526 g/mol. The van der Waals surface area contributed by atoms with Gasteiger partial charge in [-0.3, -0.25) is 4.79 Å². The number of nitrogens with one attached hydrogen (secondary N) is 1. The Balaban J connectivity index is 1.42. The van der Waals surface area contributed by atoms with E-state index in [2.05, 4.69) is 21.4 Å². The van der Waals surface area contributed by atoms with Crippen LogP contribution in [0.1, 0.15) is 78.2 Å². The minimum absolute atomic E-state index is 0.0689. The molecule has 7 rings (SSSR count). The fourth-order valence-electron chi connectivity index (χ4n) is 7.02. The van der Waals surface area contributed by atoms with E-state index in [1.54, 1.807) is 6.08 Å². The van der Waals surface area contributed by atoms with Gasteiger partial charge in [0.05, 0.1) is 29.2 Å². The van der Waals surface area contributed by atoms with Crippen LogP contribution in [0.2, 0.25) is 0 Å². The second-order valence-corrected chi connectivity index (χ2v) is 11.8. The van der Waals surface area contributed by atoms with Crippen molar-refractivity contribution in [3.05, 3.63) is 46.2 Å². The lowest BCUT2D eigenvalue weighted by atomic mass is 9.40.